The van der Waals surface area contributed by atoms with Crippen LogP contribution in [0, 0.1) is 6.92 Å². The third-order valence-corrected chi connectivity index (χ3v) is 6.59. The van der Waals surface area contributed by atoms with Crippen LogP contribution < -0.4 is 9.47 Å². The molecule has 0 aliphatic carbocycles. The number of thiazole rings is 1. The Morgan fingerprint density at radius 3 is 2.33 bits per heavy atom. The van der Waals surface area contributed by atoms with Gasteiger partial charge in [-0.05, 0) is 44.4 Å². The van der Waals surface area contributed by atoms with Gasteiger partial charge in [-0.1, -0.05) is 30.3 Å². The van der Waals surface area contributed by atoms with Gasteiger partial charge in [-0.3, -0.25) is 9.59 Å². The van der Waals surface area contributed by atoms with Gasteiger partial charge >= 0.3 is 5.97 Å². The van der Waals surface area contributed by atoms with Crippen molar-refractivity contribution in [1.29, 1.82) is 0 Å². The minimum absolute atomic E-state index is 0.0257. The average Bonchev–Trinajstić information content (AvgIpc) is 3.31. The summed E-state index contributed by atoms with van der Waals surface area (Å²) in [5, 5.41) is 0.472. The highest BCUT2D eigenvalue weighted by Crippen LogP contribution is 2.30. The number of aromatic nitrogens is 1. The van der Waals surface area contributed by atoms with Gasteiger partial charge in [0.1, 0.15) is 21.4 Å². The molecule has 9 heteroatoms. The molecule has 3 rings (SSSR count). The van der Waals surface area contributed by atoms with Crippen LogP contribution in [0.25, 0.3) is 0 Å². The number of esters is 1. The van der Waals surface area contributed by atoms with E-state index in [4.69, 9.17) is 14.2 Å². The van der Waals surface area contributed by atoms with Crippen molar-refractivity contribution in [1.82, 2.24) is 9.88 Å². The molecule has 36 heavy (non-hydrogen) atoms. The maximum Gasteiger partial charge on any atom is 0.358 e. The lowest BCUT2D eigenvalue weighted by atomic mass is 10.1. The summed E-state index contributed by atoms with van der Waals surface area (Å²) in [5.41, 5.74) is 2.35. The standard InChI is InChI=1S/C27H30N2O6S/c1-5-35-27(32)25-23(17-30)36-24(28-25)16-29(13-9-12-19-10-7-6-8-11-19)26(31)20-14-21(33-3)18(2)22(15-20)34-4/h6-8,10-11,14-15,17H,5,9,12-13,16H2,1-4H3. The number of ether oxygens (including phenoxy) is 3. The van der Waals surface area contributed by atoms with E-state index in [-0.39, 0.29) is 29.6 Å². The minimum atomic E-state index is -0.655. The number of amides is 1. The Hall–Kier alpha value is -3.72. The van der Waals surface area contributed by atoms with Crippen molar-refractivity contribution < 1.29 is 28.6 Å². The monoisotopic (exact) mass is 510 g/mol. The Morgan fingerprint density at radius 1 is 1.08 bits per heavy atom. The van der Waals surface area contributed by atoms with Crippen molar-refractivity contribution in [3.63, 3.8) is 0 Å². The average molecular weight is 511 g/mol. The number of rotatable bonds is 12. The number of methoxy groups -OCH3 is 2. The molecule has 0 unspecified atom stereocenters. The van der Waals surface area contributed by atoms with E-state index in [9.17, 15) is 14.4 Å². The fourth-order valence-electron chi connectivity index (χ4n) is 3.80. The van der Waals surface area contributed by atoms with E-state index < -0.39 is 5.97 Å². The number of hydrogen-bond donors (Lipinski definition) is 0. The normalized spacial score (nSPS) is 10.6. The van der Waals surface area contributed by atoms with Crippen molar-refractivity contribution >= 4 is 29.5 Å². The summed E-state index contributed by atoms with van der Waals surface area (Å²) >= 11 is 1.08. The fourth-order valence-corrected chi connectivity index (χ4v) is 4.68. The second-order valence-electron chi connectivity index (χ2n) is 7.98. The van der Waals surface area contributed by atoms with Crippen LogP contribution in [0.2, 0.25) is 0 Å². The molecular formula is C27H30N2O6S. The van der Waals surface area contributed by atoms with Crippen molar-refractivity contribution in [3.05, 3.63) is 74.7 Å². The molecule has 0 bridgehead atoms. The summed E-state index contributed by atoms with van der Waals surface area (Å²) in [5.74, 6) is 0.199. The Labute approximate surface area is 214 Å². The first-order valence-electron chi connectivity index (χ1n) is 11.6. The Morgan fingerprint density at radius 2 is 1.75 bits per heavy atom. The first-order chi connectivity index (χ1) is 17.4. The van der Waals surface area contributed by atoms with E-state index in [1.54, 1.807) is 38.2 Å². The lowest BCUT2D eigenvalue weighted by molar-refractivity contribution is 0.0518. The van der Waals surface area contributed by atoms with Crippen LogP contribution in [0.5, 0.6) is 11.5 Å². The molecule has 0 radical (unpaired) electrons. The molecule has 0 spiro atoms. The predicted molar refractivity (Wildman–Crippen MR) is 137 cm³/mol. The third kappa shape index (κ3) is 6.48. The van der Waals surface area contributed by atoms with Gasteiger partial charge in [0.25, 0.3) is 5.91 Å². The van der Waals surface area contributed by atoms with Gasteiger partial charge in [0.05, 0.1) is 27.4 Å². The number of nitrogens with zero attached hydrogens (tertiary/aromatic N) is 2. The first-order valence-corrected chi connectivity index (χ1v) is 12.4. The van der Waals surface area contributed by atoms with Crippen molar-refractivity contribution in [2.75, 3.05) is 27.4 Å². The number of benzene rings is 2. The Balaban J connectivity index is 1.90. The third-order valence-electron chi connectivity index (χ3n) is 5.62. The van der Waals surface area contributed by atoms with Gasteiger partial charge in [0.2, 0.25) is 0 Å². The molecule has 0 aliphatic rings. The maximum absolute atomic E-state index is 13.7. The zero-order valence-electron chi connectivity index (χ0n) is 20.9. The second kappa shape index (κ2) is 12.8. The van der Waals surface area contributed by atoms with E-state index in [1.807, 2.05) is 37.3 Å². The smallest absolute Gasteiger partial charge is 0.358 e. The number of carbonyl (C=O) groups is 3. The Kier molecular flexibility index (Phi) is 9.58. The summed E-state index contributed by atoms with van der Waals surface area (Å²) in [7, 11) is 3.09. The SMILES string of the molecule is CCOC(=O)c1nc(CN(CCCc2ccccc2)C(=O)c2cc(OC)c(C)c(OC)c2)sc1C=O. The highest BCUT2D eigenvalue weighted by molar-refractivity contribution is 7.13. The highest BCUT2D eigenvalue weighted by atomic mass is 32.1. The summed E-state index contributed by atoms with van der Waals surface area (Å²) in [4.78, 5) is 43.6. The van der Waals surface area contributed by atoms with Crippen molar-refractivity contribution in [2.24, 2.45) is 0 Å². The molecule has 190 valence electrons. The number of aldehydes is 1. The van der Waals surface area contributed by atoms with E-state index in [0.29, 0.717) is 41.3 Å². The molecule has 8 nitrogen and oxygen atoms in total. The summed E-state index contributed by atoms with van der Waals surface area (Å²) in [6.07, 6.45) is 2.09. The van der Waals surface area contributed by atoms with Crippen LogP contribution in [-0.4, -0.2) is 55.4 Å². The molecular weight excluding hydrogens is 480 g/mol. The molecule has 0 aliphatic heterocycles. The van der Waals surface area contributed by atoms with Gasteiger partial charge in [-0.15, -0.1) is 11.3 Å². The summed E-state index contributed by atoms with van der Waals surface area (Å²) < 4.78 is 15.9. The van der Waals surface area contributed by atoms with Crippen LogP contribution in [0.15, 0.2) is 42.5 Å². The number of carbonyl (C=O) groups excluding carboxylic acids is 3. The van der Waals surface area contributed by atoms with Gasteiger partial charge < -0.3 is 19.1 Å². The lowest BCUT2D eigenvalue weighted by Gasteiger charge is -2.23. The number of aryl methyl sites for hydroxylation is 1. The molecule has 0 fully saturated rings. The number of hydrogen-bond acceptors (Lipinski definition) is 8. The summed E-state index contributed by atoms with van der Waals surface area (Å²) in [6.45, 7) is 4.29. The van der Waals surface area contributed by atoms with Crippen LogP contribution >= 0.6 is 11.3 Å². The predicted octanol–water partition coefficient (Wildman–Crippen LogP) is 4.73. The molecule has 2 aromatic carbocycles. The first kappa shape index (κ1) is 26.9. The topological polar surface area (TPSA) is 95.0 Å². The van der Waals surface area contributed by atoms with Gasteiger partial charge in [0.15, 0.2) is 12.0 Å². The second-order valence-corrected chi connectivity index (χ2v) is 9.10. The molecule has 1 heterocycles. The minimum Gasteiger partial charge on any atom is -0.496 e. The highest BCUT2D eigenvalue weighted by Gasteiger charge is 2.24. The van der Waals surface area contributed by atoms with E-state index in [2.05, 4.69) is 4.98 Å². The van der Waals surface area contributed by atoms with Crippen molar-refractivity contribution in [2.45, 2.75) is 33.2 Å². The van der Waals surface area contributed by atoms with Gasteiger partial charge in [-0.2, -0.15) is 0 Å². The van der Waals surface area contributed by atoms with Crippen LogP contribution in [0.3, 0.4) is 0 Å². The molecule has 3 aromatic rings. The molecule has 0 saturated heterocycles. The largest absolute Gasteiger partial charge is 0.496 e. The van der Waals surface area contributed by atoms with Crippen LogP contribution in [0.1, 0.15) is 60.0 Å². The zero-order valence-corrected chi connectivity index (χ0v) is 21.7. The zero-order chi connectivity index (χ0) is 26.1. The van der Waals surface area contributed by atoms with Gasteiger partial charge in [0, 0.05) is 17.7 Å². The van der Waals surface area contributed by atoms with Crippen LogP contribution in [0.4, 0.5) is 0 Å². The molecule has 1 amide bonds. The summed E-state index contributed by atoms with van der Waals surface area (Å²) in [6, 6.07) is 13.4. The lowest BCUT2D eigenvalue weighted by Crippen LogP contribution is -2.32. The van der Waals surface area contributed by atoms with E-state index in [1.165, 1.54) is 5.56 Å². The van der Waals surface area contributed by atoms with Crippen molar-refractivity contribution in [3.8, 4) is 11.5 Å². The molecule has 1 aromatic heterocycles. The molecule has 0 atom stereocenters. The molecule has 0 N–H and O–H groups in total. The Bertz CT molecular complexity index is 1180. The maximum atomic E-state index is 13.7. The van der Waals surface area contributed by atoms with E-state index in [0.717, 1.165) is 23.3 Å². The van der Waals surface area contributed by atoms with E-state index >= 15 is 0 Å². The van der Waals surface area contributed by atoms with Crippen LogP contribution in [-0.2, 0) is 17.7 Å². The molecule has 0 saturated carbocycles. The van der Waals surface area contributed by atoms with Gasteiger partial charge in [-0.25, -0.2) is 9.78 Å². The fraction of sp³-hybridized carbons (Fsp3) is 0.333. The quantitative estimate of drug-likeness (QED) is 0.257.